The molecule has 17 heavy (non-hydrogen) atoms. The molecule has 1 aromatic heterocycles. The second kappa shape index (κ2) is 5.77. The molecule has 90 valence electrons. The monoisotopic (exact) mass is 296 g/mol. The number of aryl methyl sites for hydroxylation is 1. The van der Waals surface area contributed by atoms with E-state index in [1.807, 2.05) is 25.3 Å². The maximum atomic E-state index is 13.0. The standard InChI is InChI=1S/C13H13FN2.BrH/c1-10-5-6-13(15)16(8-10)9-11-3-2-4-12(14)7-11;/h2-8,15H,9H2,1H3;1H. The molecule has 1 N–H and O–H groups in total. The lowest BCUT2D eigenvalue weighted by molar-refractivity contribution is 0.622. The molecule has 0 saturated carbocycles. The largest absolute Gasteiger partial charge is 0.329 e. The zero-order valence-electron chi connectivity index (χ0n) is 9.48. The maximum Gasteiger partial charge on any atom is 0.124 e. The molecule has 0 unspecified atom stereocenters. The lowest BCUT2D eigenvalue weighted by atomic mass is 10.2. The van der Waals surface area contributed by atoms with E-state index in [4.69, 9.17) is 5.41 Å². The Kier molecular flexibility index (Phi) is 4.63. The average Bonchev–Trinajstić information content (AvgIpc) is 2.24. The Bertz CT molecular complexity index is 563. The molecule has 2 aromatic rings. The normalized spacial score (nSPS) is 9.76. The predicted octanol–water partition coefficient (Wildman–Crippen LogP) is 3.04. The molecular formula is C13H14BrFN2. The van der Waals surface area contributed by atoms with E-state index in [0.717, 1.165) is 11.1 Å². The maximum absolute atomic E-state index is 13.0. The second-order valence-electron chi connectivity index (χ2n) is 3.85. The quantitative estimate of drug-likeness (QED) is 0.883. The predicted molar refractivity (Wildman–Crippen MR) is 70.8 cm³/mol. The Morgan fingerprint density at radius 1 is 1.24 bits per heavy atom. The molecule has 0 aliphatic heterocycles. The summed E-state index contributed by atoms with van der Waals surface area (Å²) in [4.78, 5) is 0. The van der Waals surface area contributed by atoms with E-state index in [-0.39, 0.29) is 22.8 Å². The van der Waals surface area contributed by atoms with Crippen LogP contribution in [0, 0.1) is 18.2 Å². The number of halogens is 2. The highest BCUT2D eigenvalue weighted by Gasteiger charge is 1.98. The number of aromatic nitrogens is 1. The van der Waals surface area contributed by atoms with Crippen LogP contribution in [-0.4, -0.2) is 4.57 Å². The van der Waals surface area contributed by atoms with E-state index in [0.29, 0.717) is 12.0 Å². The fourth-order valence-electron chi connectivity index (χ4n) is 1.63. The van der Waals surface area contributed by atoms with Gasteiger partial charge >= 0.3 is 0 Å². The third-order valence-corrected chi connectivity index (χ3v) is 2.41. The van der Waals surface area contributed by atoms with E-state index < -0.39 is 0 Å². The number of benzene rings is 1. The average molecular weight is 297 g/mol. The van der Waals surface area contributed by atoms with Crippen LogP contribution in [0.2, 0.25) is 0 Å². The van der Waals surface area contributed by atoms with Gasteiger partial charge in [0.15, 0.2) is 0 Å². The number of nitrogens with one attached hydrogen (secondary N) is 1. The molecule has 0 aliphatic rings. The van der Waals surface area contributed by atoms with Crippen molar-refractivity contribution >= 4 is 17.0 Å². The van der Waals surface area contributed by atoms with Gasteiger partial charge < -0.3 is 4.57 Å². The molecule has 0 aliphatic carbocycles. The van der Waals surface area contributed by atoms with Gasteiger partial charge in [0.25, 0.3) is 0 Å². The second-order valence-corrected chi connectivity index (χ2v) is 3.85. The lowest BCUT2D eigenvalue weighted by Gasteiger charge is -2.08. The Labute approximate surface area is 110 Å². The molecule has 0 atom stereocenters. The van der Waals surface area contributed by atoms with Crippen LogP contribution >= 0.6 is 17.0 Å². The molecule has 0 amide bonds. The summed E-state index contributed by atoms with van der Waals surface area (Å²) in [6.07, 6.45) is 1.90. The van der Waals surface area contributed by atoms with Crippen LogP contribution in [0.15, 0.2) is 42.6 Å². The first-order valence-corrected chi connectivity index (χ1v) is 5.11. The number of nitrogens with zero attached hydrogens (tertiary/aromatic N) is 1. The van der Waals surface area contributed by atoms with Crippen molar-refractivity contribution in [3.63, 3.8) is 0 Å². The van der Waals surface area contributed by atoms with E-state index in [1.54, 1.807) is 16.7 Å². The third kappa shape index (κ3) is 3.53. The Morgan fingerprint density at radius 2 is 2.00 bits per heavy atom. The van der Waals surface area contributed by atoms with Crippen LogP contribution < -0.4 is 5.49 Å². The lowest BCUT2D eigenvalue weighted by Crippen LogP contribution is -2.19. The summed E-state index contributed by atoms with van der Waals surface area (Å²) in [5, 5.41) is 7.74. The molecule has 0 radical (unpaired) electrons. The van der Waals surface area contributed by atoms with Gasteiger partial charge in [-0.15, -0.1) is 17.0 Å². The highest BCUT2D eigenvalue weighted by molar-refractivity contribution is 8.93. The fraction of sp³-hybridized carbons (Fsp3) is 0.154. The molecule has 0 bridgehead atoms. The molecule has 0 spiro atoms. The SMILES string of the molecule is Br.Cc1ccc(=N)n(Cc2cccc(F)c2)c1. The summed E-state index contributed by atoms with van der Waals surface area (Å²) in [5.41, 5.74) is 2.38. The Morgan fingerprint density at radius 3 is 2.71 bits per heavy atom. The van der Waals surface area contributed by atoms with Crippen molar-refractivity contribution in [1.29, 1.82) is 5.41 Å². The molecule has 2 nitrogen and oxygen atoms in total. The molecule has 1 heterocycles. The van der Waals surface area contributed by atoms with Gasteiger partial charge in [0.1, 0.15) is 11.3 Å². The highest BCUT2D eigenvalue weighted by Crippen LogP contribution is 2.05. The van der Waals surface area contributed by atoms with Crippen molar-refractivity contribution in [2.24, 2.45) is 0 Å². The molecular weight excluding hydrogens is 283 g/mol. The van der Waals surface area contributed by atoms with E-state index in [9.17, 15) is 4.39 Å². The van der Waals surface area contributed by atoms with Crippen LogP contribution in [0.1, 0.15) is 11.1 Å². The number of hydrogen-bond acceptors (Lipinski definition) is 1. The molecule has 2 rings (SSSR count). The van der Waals surface area contributed by atoms with Gasteiger partial charge in [0.2, 0.25) is 0 Å². The summed E-state index contributed by atoms with van der Waals surface area (Å²) < 4.78 is 14.8. The van der Waals surface area contributed by atoms with Crippen molar-refractivity contribution in [2.75, 3.05) is 0 Å². The molecule has 0 saturated heterocycles. The summed E-state index contributed by atoms with van der Waals surface area (Å²) in [6.45, 7) is 2.50. The minimum absolute atomic E-state index is 0. The van der Waals surface area contributed by atoms with E-state index >= 15 is 0 Å². The van der Waals surface area contributed by atoms with Crippen molar-refractivity contribution in [2.45, 2.75) is 13.5 Å². The summed E-state index contributed by atoms with van der Waals surface area (Å²) in [6, 6.07) is 10.1. The van der Waals surface area contributed by atoms with Crippen LogP contribution in [0.3, 0.4) is 0 Å². The van der Waals surface area contributed by atoms with E-state index in [1.165, 1.54) is 12.1 Å². The number of rotatable bonds is 2. The molecule has 0 fully saturated rings. The highest BCUT2D eigenvalue weighted by atomic mass is 79.9. The van der Waals surface area contributed by atoms with Gasteiger partial charge in [0.05, 0.1) is 0 Å². The van der Waals surface area contributed by atoms with Crippen molar-refractivity contribution < 1.29 is 4.39 Å². The van der Waals surface area contributed by atoms with Gasteiger partial charge in [-0.25, -0.2) is 4.39 Å². The molecule has 1 aromatic carbocycles. The van der Waals surface area contributed by atoms with Crippen molar-refractivity contribution in [3.05, 3.63) is 65.0 Å². The fourth-order valence-corrected chi connectivity index (χ4v) is 1.63. The van der Waals surface area contributed by atoms with Crippen molar-refractivity contribution in [3.8, 4) is 0 Å². The Hall–Kier alpha value is -1.42. The van der Waals surface area contributed by atoms with E-state index in [2.05, 4.69) is 0 Å². The van der Waals surface area contributed by atoms with Crippen LogP contribution in [-0.2, 0) is 6.54 Å². The minimum atomic E-state index is -0.239. The van der Waals surface area contributed by atoms with Gasteiger partial charge in [-0.1, -0.05) is 18.2 Å². The number of pyridine rings is 1. The summed E-state index contributed by atoms with van der Waals surface area (Å²) in [5.74, 6) is -0.239. The molecule has 4 heteroatoms. The van der Waals surface area contributed by atoms with Gasteiger partial charge in [-0.05, 0) is 36.2 Å². The number of hydrogen-bond donors (Lipinski definition) is 1. The minimum Gasteiger partial charge on any atom is -0.329 e. The van der Waals surface area contributed by atoms with Gasteiger partial charge in [0, 0.05) is 12.7 Å². The zero-order chi connectivity index (χ0) is 11.5. The third-order valence-electron chi connectivity index (χ3n) is 2.41. The smallest absolute Gasteiger partial charge is 0.124 e. The van der Waals surface area contributed by atoms with Crippen LogP contribution in [0.4, 0.5) is 4.39 Å². The Balaban J connectivity index is 0.00000144. The van der Waals surface area contributed by atoms with Crippen molar-refractivity contribution in [1.82, 2.24) is 4.57 Å². The first-order chi connectivity index (χ1) is 7.65. The summed E-state index contributed by atoms with van der Waals surface area (Å²) in [7, 11) is 0. The first-order valence-electron chi connectivity index (χ1n) is 5.11. The van der Waals surface area contributed by atoms with Gasteiger partial charge in [-0.2, -0.15) is 0 Å². The van der Waals surface area contributed by atoms with Crippen LogP contribution in [0.5, 0.6) is 0 Å². The first kappa shape index (κ1) is 13.6. The summed E-state index contributed by atoms with van der Waals surface area (Å²) >= 11 is 0. The topological polar surface area (TPSA) is 28.8 Å². The zero-order valence-corrected chi connectivity index (χ0v) is 11.2. The van der Waals surface area contributed by atoms with Gasteiger partial charge in [-0.3, -0.25) is 5.41 Å². The van der Waals surface area contributed by atoms with Crippen LogP contribution in [0.25, 0.3) is 0 Å².